The lowest BCUT2D eigenvalue weighted by molar-refractivity contribution is -0.120. The molecule has 0 aliphatic heterocycles. The third kappa shape index (κ3) is 5.20. The number of rotatable bonds is 8. The van der Waals surface area contributed by atoms with E-state index in [1.165, 1.54) is 24.3 Å². The Morgan fingerprint density at radius 3 is 2.42 bits per heavy atom. The molecule has 168 valence electrons. The molecule has 4 aromatic rings. The largest absolute Gasteiger partial charge is 0.497 e. The van der Waals surface area contributed by atoms with E-state index in [0.717, 1.165) is 27.8 Å². The van der Waals surface area contributed by atoms with Crippen LogP contribution in [0.25, 0.3) is 10.9 Å². The summed E-state index contributed by atoms with van der Waals surface area (Å²) in [5.74, 6) is -0.531. The van der Waals surface area contributed by atoms with Gasteiger partial charge in [-0.25, -0.2) is 4.39 Å². The standard InChI is InChI=1S/C26H24FN3O3/c1-33-20-12-8-17(9-13-20)22(23-15-28-24-5-3-2-4-21(23)24)14-29-25(31)16-30-26(32)18-6-10-19(27)11-7-18/h2-13,15,22,28H,14,16H2,1H3,(H,29,31)(H,30,32). The molecule has 0 aliphatic carbocycles. The fourth-order valence-corrected chi connectivity index (χ4v) is 3.77. The number of aromatic nitrogens is 1. The Labute approximate surface area is 190 Å². The van der Waals surface area contributed by atoms with Gasteiger partial charge in [-0.05, 0) is 53.6 Å². The van der Waals surface area contributed by atoms with E-state index >= 15 is 0 Å². The number of H-pyrrole nitrogens is 1. The molecule has 0 fully saturated rings. The first-order chi connectivity index (χ1) is 16.0. The third-order valence-corrected chi connectivity index (χ3v) is 5.53. The maximum Gasteiger partial charge on any atom is 0.251 e. The second-order valence-corrected chi connectivity index (χ2v) is 7.61. The van der Waals surface area contributed by atoms with Crippen molar-refractivity contribution in [3.8, 4) is 5.75 Å². The average molecular weight is 445 g/mol. The molecule has 1 unspecified atom stereocenters. The summed E-state index contributed by atoms with van der Waals surface area (Å²) in [6, 6.07) is 20.9. The normalized spacial score (nSPS) is 11.7. The molecule has 2 amide bonds. The number of halogens is 1. The molecular formula is C26H24FN3O3. The van der Waals surface area contributed by atoms with Gasteiger partial charge in [-0.1, -0.05) is 30.3 Å². The van der Waals surface area contributed by atoms with Crippen LogP contribution in [-0.4, -0.2) is 37.0 Å². The second kappa shape index (κ2) is 9.99. The molecule has 0 bridgehead atoms. The van der Waals surface area contributed by atoms with E-state index in [1.54, 1.807) is 7.11 Å². The summed E-state index contributed by atoms with van der Waals surface area (Å²) < 4.78 is 18.3. The zero-order valence-electron chi connectivity index (χ0n) is 18.1. The lowest BCUT2D eigenvalue weighted by Gasteiger charge is -2.19. The van der Waals surface area contributed by atoms with E-state index in [0.29, 0.717) is 12.1 Å². The average Bonchev–Trinajstić information content (AvgIpc) is 3.27. The van der Waals surface area contributed by atoms with Crippen LogP contribution in [0.2, 0.25) is 0 Å². The summed E-state index contributed by atoms with van der Waals surface area (Å²) in [7, 11) is 1.62. The molecule has 33 heavy (non-hydrogen) atoms. The first-order valence-corrected chi connectivity index (χ1v) is 10.6. The molecular weight excluding hydrogens is 421 g/mol. The van der Waals surface area contributed by atoms with Crippen LogP contribution in [0.1, 0.15) is 27.4 Å². The van der Waals surface area contributed by atoms with Gasteiger partial charge in [0.15, 0.2) is 0 Å². The summed E-state index contributed by atoms with van der Waals surface area (Å²) in [5, 5.41) is 6.57. The fraction of sp³-hybridized carbons (Fsp3) is 0.154. The van der Waals surface area contributed by atoms with Crippen molar-refractivity contribution in [3.05, 3.63) is 102 Å². The maximum atomic E-state index is 13.0. The third-order valence-electron chi connectivity index (χ3n) is 5.53. The number of amides is 2. The lowest BCUT2D eigenvalue weighted by atomic mass is 9.91. The minimum absolute atomic E-state index is 0.108. The molecule has 0 aliphatic rings. The Balaban J connectivity index is 1.46. The number of methoxy groups -OCH3 is 1. The molecule has 4 rings (SSSR count). The number of hydrogen-bond donors (Lipinski definition) is 3. The van der Waals surface area contributed by atoms with Gasteiger partial charge in [0.05, 0.1) is 13.7 Å². The first-order valence-electron chi connectivity index (χ1n) is 10.6. The van der Waals surface area contributed by atoms with Gasteiger partial charge in [-0.15, -0.1) is 0 Å². The number of carbonyl (C=O) groups is 2. The Bertz CT molecular complexity index is 1250. The van der Waals surface area contributed by atoms with Crippen LogP contribution in [0, 0.1) is 5.82 Å². The second-order valence-electron chi connectivity index (χ2n) is 7.61. The highest BCUT2D eigenvalue weighted by atomic mass is 19.1. The molecule has 1 atom stereocenters. The van der Waals surface area contributed by atoms with Gasteiger partial charge in [0.2, 0.25) is 5.91 Å². The van der Waals surface area contributed by atoms with Gasteiger partial charge in [0.1, 0.15) is 11.6 Å². The molecule has 0 saturated carbocycles. The quantitative estimate of drug-likeness (QED) is 0.383. The van der Waals surface area contributed by atoms with E-state index in [9.17, 15) is 14.0 Å². The summed E-state index contributed by atoms with van der Waals surface area (Å²) in [5.41, 5.74) is 3.39. The summed E-state index contributed by atoms with van der Waals surface area (Å²) in [4.78, 5) is 28.0. The van der Waals surface area contributed by atoms with Crippen LogP contribution in [0.15, 0.2) is 79.0 Å². The van der Waals surface area contributed by atoms with Crippen LogP contribution in [0.5, 0.6) is 5.75 Å². The van der Waals surface area contributed by atoms with Crippen molar-refractivity contribution >= 4 is 22.7 Å². The highest BCUT2D eigenvalue weighted by Crippen LogP contribution is 2.31. The van der Waals surface area contributed by atoms with E-state index in [1.807, 2.05) is 54.7 Å². The summed E-state index contributed by atoms with van der Waals surface area (Å²) in [6.45, 7) is 0.166. The number of para-hydroxylation sites is 1. The van der Waals surface area contributed by atoms with Gasteiger partial charge in [0.25, 0.3) is 5.91 Å². The molecule has 6 nitrogen and oxygen atoms in total. The Morgan fingerprint density at radius 1 is 0.970 bits per heavy atom. The van der Waals surface area contributed by atoms with Crippen molar-refractivity contribution in [2.75, 3.05) is 20.2 Å². The van der Waals surface area contributed by atoms with Crippen LogP contribution >= 0.6 is 0 Å². The van der Waals surface area contributed by atoms with Crippen LogP contribution < -0.4 is 15.4 Å². The molecule has 3 N–H and O–H groups in total. The molecule has 7 heteroatoms. The van der Waals surface area contributed by atoms with Crippen LogP contribution in [-0.2, 0) is 4.79 Å². The zero-order chi connectivity index (χ0) is 23.2. The monoisotopic (exact) mass is 445 g/mol. The Hall–Kier alpha value is -4.13. The maximum absolute atomic E-state index is 13.0. The fourth-order valence-electron chi connectivity index (χ4n) is 3.77. The van der Waals surface area contributed by atoms with E-state index < -0.39 is 11.7 Å². The Morgan fingerprint density at radius 2 is 1.70 bits per heavy atom. The molecule has 0 saturated heterocycles. The van der Waals surface area contributed by atoms with Crippen molar-refractivity contribution < 1.29 is 18.7 Å². The topological polar surface area (TPSA) is 83.2 Å². The first kappa shape index (κ1) is 22.1. The van der Waals surface area contributed by atoms with E-state index in [-0.39, 0.29) is 18.4 Å². The zero-order valence-corrected chi connectivity index (χ0v) is 18.1. The number of benzene rings is 3. The molecule has 1 aromatic heterocycles. The minimum Gasteiger partial charge on any atom is -0.497 e. The number of aromatic amines is 1. The van der Waals surface area contributed by atoms with Gasteiger partial charge in [-0.2, -0.15) is 0 Å². The number of nitrogens with one attached hydrogen (secondary N) is 3. The predicted molar refractivity (Wildman–Crippen MR) is 125 cm³/mol. The molecule has 3 aromatic carbocycles. The summed E-state index contributed by atoms with van der Waals surface area (Å²) >= 11 is 0. The minimum atomic E-state index is -0.437. The lowest BCUT2D eigenvalue weighted by Crippen LogP contribution is -2.38. The SMILES string of the molecule is COc1ccc(C(CNC(=O)CNC(=O)c2ccc(F)cc2)c2c[nH]c3ccccc23)cc1. The number of carbonyl (C=O) groups excluding carboxylic acids is 2. The Kier molecular flexibility index (Phi) is 6.69. The van der Waals surface area contributed by atoms with E-state index in [4.69, 9.17) is 4.74 Å². The van der Waals surface area contributed by atoms with Gasteiger partial charge >= 0.3 is 0 Å². The highest BCUT2D eigenvalue weighted by molar-refractivity contribution is 5.96. The molecule has 1 heterocycles. The van der Waals surface area contributed by atoms with Crippen LogP contribution in [0.3, 0.4) is 0 Å². The van der Waals surface area contributed by atoms with E-state index in [2.05, 4.69) is 15.6 Å². The van der Waals surface area contributed by atoms with Crippen molar-refractivity contribution in [2.24, 2.45) is 0 Å². The van der Waals surface area contributed by atoms with Gasteiger partial charge in [-0.3, -0.25) is 9.59 Å². The summed E-state index contributed by atoms with van der Waals surface area (Å²) in [6.07, 6.45) is 1.96. The number of fused-ring (bicyclic) bond motifs is 1. The smallest absolute Gasteiger partial charge is 0.251 e. The molecule has 0 spiro atoms. The van der Waals surface area contributed by atoms with Gasteiger partial charge in [0, 0.05) is 35.1 Å². The van der Waals surface area contributed by atoms with Crippen molar-refractivity contribution in [2.45, 2.75) is 5.92 Å². The van der Waals surface area contributed by atoms with Crippen molar-refractivity contribution in [3.63, 3.8) is 0 Å². The molecule has 0 radical (unpaired) electrons. The van der Waals surface area contributed by atoms with Gasteiger partial charge < -0.3 is 20.4 Å². The van der Waals surface area contributed by atoms with Crippen molar-refractivity contribution in [1.82, 2.24) is 15.6 Å². The van der Waals surface area contributed by atoms with Crippen LogP contribution in [0.4, 0.5) is 4.39 Å². The predicted octanol–water partition coefficient (Wildman–Crippen LogP) is 3.99. The number of hydrogen-bond acceptors (Lipinski definition) is 3. The van der Waals surface area contributed by atoms with Crippen molar-refractivity contribution in [1.29, 1.82) is 0 Å². The number of ether oxygens (including phenoxy) is 1. The highest BCUT2D eigenvalue weighted by Gasteiger charge is 2.19.